The first-order chi connectivity index (χ1) is 1.41. The SMILES string of the molecule is [AlH3].[SiH3]O[SiH3]. The van der Waals surface area contributed by atoms with E-state index in [9.17, 15) is 0 Å². The van der Waals surface area contributed by atoms with E-state index in [0.717, 1.165) is 21.0 Å². The smallest absolute Gasteiger partial charge is 0.187 e. The summed E-state index contributed by atoms with van der Waals surface area (Å²) in [5.41, 5.74) is 0. The van der Waals surface area contributed by atoms with Gasteiger partial charge in [-0.2, -0.15) is 0 Å². The summed E-state index contributed by atoms with van der Waals surface area (Å²) in [5, 5.41) is 0. The van der Waals surface area contributed by atoms with Gasteiger partial charge in [-0.25, -0.2) is 0 Å². The standard InChI is InChI=1S/Al.H6OSi2.3H/c;2-1-3;;;/h;2-3H3;;;. The fourth-order valence-corrected chi connectivity index (χ4v) is 0. The molecule has 0 saturated carbocycles. The quantitative estimate of drug-likeness (QED) is 0.291. The highest BCUT2D eigenvalue weighted by Crippen LogP contribution is 1.20. The molecule has 0 saturated heterocycles. The van der Waals surface area contributed by atoms with E-state index in [-0.39, 0.29) is 17.4 Å². The molecule has 0 N–H and O–H groups in total. The summed E-state index contributed by atoms with van der Waals surface area (Å²) in [6.45, 7) is 0. The molecule has 0 rings (SSSR count). The van der Waals surface area contributed by atoms with Crippen molar-refractivity contribution in [2.75, 3.05) is 0 Å². The largest absolute Gasteiger partial charge is 0.471 e. The van der Waals surface area contributed by atoms with Crippen LogP contribution in [0.3, 0.4) is 0 Å². The Morgan fingerprint density at radius 2 is 1.25 bits per heavy atom. The maximum Gasteiger partial charge on any atom is 0.187 e. The fraction of sp³-hybridized carbons (Fsp3) is 0. The lowest BCUT2D eigenvalue weighted by molar-refractivity contribution is 0.690. The Morgan fingerprint density at radius 3 is 1.25 bits per heavy atom. The van der Waals surface area contributed by atoms with Gasteiger partial charge in [0.15, 0.2) is 17.4 Å². The molecule has 0 aromatic heterocycles. The van der Waals surface area contributed by atoms with Gasteiger partial charge in [-0.05, 0) is 0 Å². The van der Waals surface area contributed by atoms with Crippen molar-refractivity contribution in [1.29, 1.82) is 0 Å². The number of hydrogen-bond acceptors (Lipinski definition) is 1. The van der Waals surface area contributed by atoms with Crippen molar-refractivity contribution in [2.45, 2.75) is 0 Å². The van der Waals surface area contributed by atoms with Crippen molar-refractivity contribution in [3.05, 3.63) is 0 Å². The molecule has 0 fully saturated rings. The Labute approximate surface area is 43.0 Å². The van der Waals surface area contributed by atoms with Crippen molar-refractivity contribution < 1.29 is 4.12 Å². The highest BCUT2D eigenvalue weighted by molar-refractivity contribution is 6.15. The van der Waals surface area contributed by atoms with Crippen molar-refractivity contribution >= 4 is 38.3 Å². The summed E-state index contributed by atoms with van der Waals surface area (Å²) in [6.07, 6.45) is 0. The topological polar surface area (TPSA) is 9.23 Å². The highest BCUT2D eigenvalue weighted by atomic mass is 28.3. The highest BCUT2D eigenvalue weighted by Gasteiger charge is 1.28. The van der Waals surface area contributed by atoms with E-state index in [1.165, 1.54) is 0 Å². The van der Waals surface area contributed by atoms with E-state index < -0.39 is 0 Å². The molecular weight excluding hydrogens is 99.2 g/mol. The molecule has 4 heteroatoms. The molecule has 0 unspecified atom stereocenters. The average Bonchev–Trinajstić information content (AvgIpc) is 0.918. The molecule has 0 aromatic rings. The maximum atomic E-state index is 4.53. The van der Waals surface area contributed by atoms with Gasteiger partial charge in [0.1, 0.15) is 21.0 Å². The first-order valence-electron chi connectivity index (χ1n) is 0.816. The van der Waals surface area contributed by atoms with E-state index in [0.29, 0.717) is 0 Å². The molecule has 0 aliphatic rings. The van der Waals surface area contributed by atoms with Gasteiger partial charge in [0.25, 0.3) is 0 Å². The number of hydrogen-bond donors (Lipinski definition) is 0. The van der Waals surface area contributed by atoms with Crippen molar-refractivity contribution in [3.8, 4) is 0 Å². The normalized spacial score (nSPS) is 6.00. The average molecular weight is 108 g/mol. The molecule has 0 bridgehead atoms. The zero-order valence-corrected chi connectivity index (χ0v) is 6.41. The maximum absolute atomic E-state index is 4.53. The van der Waals surface area contributed by atoms with Crippen LogP contribution in [0, 0.1) is 0 Å². The lowest BCUT2D eigenvalue weighted by Crippen LogP contribution is -1.65. The summed E-state index contributed by atoms with van der Waals surface area (Å²) < 4.78 is 4.53. The molecule has 0 aromatic carbocycles. The van der Waals surface area contributed by atoms with E-state index in [4.69, 9.17) is 0 Å². The third-order valence-electron chi connectivity index (χ3n) is 0. The first-order valence-corrected chi connectivity index (χ1v) is 2.45. The Morgan fingerprint density at radius 1 is 1.25 bits per heavy atom. The minimum atomic E-state index is 0. The van der Waals surface area contributed by atoms with Gasteiger partial charge in [0.2, 0.25) is 0 Å². The zero-order valence-electron chi connectivity index (χ0n) is 2.41. The van der Waals surface area contributed by atoms with Crippen LogP contribution in [0.4, 0.5) is 0 Å². The van der Waals surface area contributed by atoms with Crippen LogP contribution in [-0.4, -0.2) is 38.3 Å². The third kappa shape index (κ3) is 12.7. The fourth-order valence-electron chi connectivity index (χ4n) is 0. The van der Waals surface area contributed by atoms with Gasteiger partial charge in [-0.15, -0.1) is 0 Å². The van der Waals surface area contributed by atoms with E-state index >= 15 is 0 Å². The van der Waals surface area contributed by atoms with Crippen LogP contribution in [0.25, 0.3) is 0 Å². The molecule has 1 nitrogen and oxygen atoms in total. The second-order valence-electron chi connectivity index (χ2n) is 0.408. The lowest BCUT2D eigenvalue weighted by atomic mass is 15.8. The van der Waals surface area contributed by atoms with E-state index in [1.54, 1.807) is 0 Å². The molecule has 4 heavy (non-hydrogen) atoms. The molecule has 0 radical (unpaired) electrons. The van der Waals surface area contributed by atoms with Crippen LogP contribution in [-0.2, 0) is 4.12 Å². The summed E-state index contributed by atoms with van der Waals surface area (Å²) in [4.78, 5) is 0. The van der Waals surface area contributed by atoms with Crippen LogP contribution in [0.1, 0.15) is 0 Å². The second kappa shape index (κ2) is 9.06. The van der Waals surface area contributed by atoms with Crippen molar-refractivity contribution in [3.63, 3.8) is 0 Å². The summed E-state index contributed by atoms with van der Waals surface area (Å²) in [6, 6.07) is 0. The van der Waals surface area contributed by atoms with Gasteiger partial charge in [0.05, 0.1) is 0 Å². The van der Waals surface area contributed by atoms with Crippen LogP contribution < -0.4 is 0 Å². The van der Waals surface area contributed by atoms with Crippen LogP contribution in [0.15, 0.2) is 0 Å². The minimum absolute atomic E-state index is 0. The van der Waals surface area contributed by atoms with Crippen LogP contribution >= 0.6 is 0 Å². The molecule has 26 valence electrons. The lowest BCUT2D eigenvalue weighted by Gasteiger charge is -1.62. The predicted molar refractivity (Wildman–Crippen MR) is 30.9 cm³/mol. The number of rotatable bonds is 0. The first kappa shape index (κ1) is 8.87. The van der Waals surface area contributed by atoms with Gasteiger partial charge in [-0.1, -0.05) is 0 Å². The van der Waals surface area contributed by atoms with Crippen LogP contribution in [0.5, 0.6) is 0 Å². The Balaban J connectivity index is 0. The third-order valence-corrected chi connectivity index (χ3v) is 0. The van der Waals surface area contributed by atoms with Crippen LogP contribution in [0.2, 0.25) is 0 Å². The molecule has 0 atom stereocenters. The minimum Gasteiger partial charge on any atom is -0.471 e. The molecular formula is H9AlOSi2. The summed E-state index contributed by atoms with van der Waals surface area (Å²) in [7, 11) is 1.86. The summed E-state index contributed by atoms with van der Waals surface area (Å²) >= 11 is 0. The molecule has 0 spiro atoms. The van der Waals surface area contributed by atoms with Gasteiger partial charge >= 0.3 is 0 Å². The molecule has 0 heterocycles. The predicted octanol–water partition coefficient (Wildman–Crippen LogP) is -3.62. The van der Waals surface area contributed by atoms with Crippen molar-refractivity contribution in [1.82, 2.24) is 0 Å². The molecule has 0 aliphatic carbocycles. The van der Waals surface area contributed by atoms with E-state index in [1.807, 2.05) is 0 Å². The van der Waals surface area contributed by atoms with Gasteiger partial charge in [-0.3, -0.25) is 0 Å². The van der Waals surface area contributed by atoms with Gasteiger partial charge < -0.3 is 4.12 Å². The van der Waals surface area contributed by atoms with Crippen molar-refractivity contribution in [2.24, 2.45) is 0 Å². The zero-order chi connectivity index (χ0) is 2.71. The second-order valence-corrected chi connectivity index (χ2v) is 3.67. The Bertz CT molecular complexity index is 6.00. The van der Waals surface area contributed by atoms with Gasteiger partial charge in [0, 0.05) is 0 Å². The van der Waals surface area contributed by atoms with E-state index in [2.05, 4.69) is 4.12 Å². The monoisotopic (exact) mass is 108 g/mol. The molecule has 0 amide bonds. The molecule has 0 aliphatic heterocycles. The Hall–Kier alpha value is 0.926. The Kier molecular flexibility index (Phi) is 20.1. The summed E-state index contributed by atoms with van der Waals surface area (Å²) in [5.74, 6) is 0.